The molecule has 0 saturated carbocycles. The van der Waals surface area contributed by atoms with Crippen molar-refractivity contribution in [3.63, 3.8) is 0 Å². The molecule has 25 heavy (non-hydrogen) atoms. The maximum absolute atomic E-state index is 11.6. The lowest BCUT2D eigenvalue weighted by atomic mass is 10.2. The Morgan fingerprint density at radius 3 is 2.36 bits per heavy atom. The van der Waals surface area contributed by atoms with Gasteiger partial charge < -0.3 is 9.64 Å². The molecular formula is C17H20N2O5S. The van der Waals surface area contributed by atoms with Gasteiger partial charge in [0.25, 0.3) is 5.69 Å². The van der Waals surface area contributed by atoms with Gasteiger partial charge >= 0.3 is 0 Å². The number of nitrogens with zero attached hydrogens (tertiary/aromatic N) is 2. The monoisotopic (exact) mass is 364 g/mol. The minimum atomic E-state index is -3.51. The zero-order valence-corrected chi connectivity index (χ0v) is 15.1. The second-order valence-electron chi connectivity index (χ2n) is 5.76. The molecule has 2 aromatic carbocycles. The van der Waals surface area contributed by atoms with E-state index in [9.17, 15) is 18.5 Å². The zero-order chi connectivity index (χ0) is 18.6. The van der Waals surface area contributed by atoms with Crippen LogP contribution >= 0.6 is 0 Å². The molecule has 0 amide bonds. The number of likely N-dealkylation sites (N-methyl/N-ethyl adjacent to an activating group) is 1. The molecule has 0 spiro atoms. The minimum Gasteiger partial charge on any atom is -0.492 e. The lowest BCUT2D eigenvalue weighted by molar-refractivity contribution is -0.384. The fourth-order valence-electron chi connectivity index (χ4n) is 2.26. The first-order valence-corrected chi connectivity index (χ1v) is 9.47. The smallest absolute Gasteiger partial charge is 0.293 e. The van der Waals surface area contributed by atoms with Gasteiger partial charge in [-0.2, -0.15) is 0 Å². The number of rotatable bonds is 7. The lowest BCUT2D eigenvalue weighted by Gasteiger charge is -2.19. The van der Waals surface area contributed by atoms with Gasteiger partial charge in [-0.3, -0.25) is 10.1 Å². The van der Waals surface area contributed by atoms with Gasteiger partial charge in [0.1, 0.15) is 18.0 Å². The zero-order valence-electron chi connectivity index (χ0n) is 14.3. The van der Waals surface area contributed by atoms with Gasteiger partial charge in [-0.15, -0.1) is 0 Å². The summed E-state index contributed by atoms with van der Waals surface area (Å²) in [5, 5.41) is 11.3. The highest BCUT2D eigenvalue weighted by Gasteiger charge is 2.21. The number of benzene rings is 2. The number of hydrogen-bond acceptors (Lipinski definition) is 6. The molecule has 0 aromatic heterocycles. The van der Waals surface area contributed by atoms with Crippen molar-refractivity contribution in [2.24, 2.45) is 0 Å². The molecule has 0 aliphatic carbocycles. The van der Waals surface area contributed by atoms with Crippen LogP contribution in [-0.2, 0) is 9.84 Å². The van der Waals surface area contributed by atoms with Crippen molar-refractivity contribution in [2.75, 3.05) is 31.4 Å². The van der Waals surface area contributed by atoms with Crippen molar-refractivity contribution >= 4 is 21.2 Å². The molecule has 0 saturated heterocycles. The van der Waals surface area contributed by atoms with Gasteiger partial charge in [0.05, 0.1) is 16.4 Å². The molecule has 2 aromatic rings. The average molecular weight is 364 g/mol. The van der Waals surface area contributed by atoms with Crippen molar-refractivity contribution in [3.8, 4) is 5.75 Å². The largest absolute Gasteiger partial charge is 0.492 e. The Labute approximate surface area is 146 Å². The number of ether oxygens (including phenoxy) is 1. The summed E-state index contributed by atoms with van der Waals surface area (Å²) in [7, 11) is -1.81. The fraction of sp³-hybridized carbons (Fsp3) is 0.294. The first-order valence-electron chi connectivity index (χ1n) is 7.57. The third kappa shape index (κ3) is 4.93. The molecule has 8 heteroatoms. The van der Waals surface area contributed by atoms with Crippen LogP contribution in [0.3, 0.4) is 0 Å². The molecule has 0 radical (unpaired) electrons. The van der Waals surface area contributed by atoms with Crippen LogP contribution < -0.4 is 9.64 Å². The maximum Gasteiger partial charge on any atom is 0.293 e. The third-order valence-corrected chi connectivity index (χ3v) is 4.81. The Morgan fingerprint density at radius 1 is 1.16 bits per heavy atom. The van der Waals surface area contributed by atoms with Crippen LogP contribution in [0.2, 0.25) is 0 Å². The molecule has 0 atom stereocenters. The van der Waals surface area contributed by atoms with Gasteiger partial charge in [0.15, 0.2) is 9.84 Å². The summed E-state index contributed by atoms with van der Waals surface area (Å²) in [5.74, 6) is 0.723. The second kappa shape index (κ2) is 7.52. The van der Waals surface area contributed by atoms with Gasteiger partial charge in [-0.25, -0.2) is 8.42 Å². The van der Waals surface area contributed by atoms with E-state index in [-0.39, 0.29) is 10.6 Å². The molecule has 0 fully saturated rings. The molecule has 0 aliphatic rings. The minimum absolute atomic E-state index is 0.0766. The summed E-state index contributed by atoms with van der Waals surface area (Å²) < 4.78 is 28.8. The summed E-state index contributed by atoms with van der Waals surface area (Å²) in [6.07, 6.45) is 1.02. The van der Waals surface area contributed by atoms with E-state index in [0.717, 1.165) is 23.6 Å². The third-order valence-electron chi connectivity index (χ3n) is 3.70. The summed E-state index contributed by atoms with van der Waals surface area (Å²) in [6.45, 7) is 2.73. The molecular weight excluding hydrogens is 344 g/mol. The van der Waals surface area contributed by atoms with Crippen LogP contribution in [0.5, 0.6) is 5.75 Å². The summed E-state index contributed by atoms with van der Waals surface area (Å²) in [5.41, 5.74) is 1.22. The predicted molar refractivity (Wildman–Crippen MR) is 96.2 cm³/mol. The number of nitro groups is 1. The molecule has 134 valence electrons. The number of aryl methyl sites for hydroxylation is 1. The Kier molecular flexibility index (Phi) is 5.63. The van der Waals surface area contributed by atoms with Crippen LogP contribution in [0.25, 0.3) is 0 Å². The van der Waals surface area contributed by atoms with E-state index in [1.165, 1.54) is 12.1 Å². The van der Waals surface area contributed by atoms with Gasteiger partial charge in [-0.05, 0) is 31.2 Å². The first kappa shape index (κ1) is 18.7. The van der Waals surface area contributed by atoms with Crippen molar-refractivity contribution in [3.05, 3.63) is 58.1 Å². The van der Waals surface area contributed by atoms with Crippen LogP contribution in [0.1, 0.15) is 5.56 Å². The van der Waals surface area contributed by atoms with Gasteiger partial charge in [-0.1, -0.05) is 17.7 Å². The van der Waals surface area contributed by atoms with Crippen LogP contribution in [0.4, 0.5) is 11.4 Å². The van der Waals surface area contributed by atoms with Crippen molar-refractivity contribution in [2.45, 2.75) is 11.8 Å². The topological polar surface area (TPSA) is 89.8 Å². The summed E-state index contributed by atoms with van der Waals surface area (Å²) in [6, 6.07) is 11.5. The Balaban J connectivity index is 2.11. The lowest BCUT2D eigenvalue weighted by Crippen LogP contribution is -2.24. The fourth-order valence-corrected chi connectivity index (χ4v) is 2.90. The number of sulfone groups is 1. The molecule has 0 heterocycles. The molecule has 2 rings (SSSR count). The van der Waals surface area contributed by atoms with E-state index in [4.69, 9.17) is 4.74 Å². The predicted octanol–water partition coefficient (Wildman–Crippen LogP) is 2.82. The Bertz CT molecular complexity index is 863. The molecule has 7 nitrogen and oxygen atoms in total. The van der Waals surface area contributed by atoms with E-state index in [2.05, 4.69) is 0 Å². The normalized spacial score (nSPS) is 11.2. The molecule has 0 unspecified atom stereocenters. The van der Waals surface area contributed by atoms with Crippen LogP contribution in [0, 0.1) is 17.0 Å². The van der Waals surface area contributed by atoms with E-state index in [1.807, 2.05) is 31.2 Å². The quantitative estimate of drug-likeness (QED) is 0.554. The van der Waals surface area contributed by atoms with Crippen LogP contribution in [-0.4, -0.2) is 39.8 Å². The Hall–Kier alpha value is -2.61. The second-order valence-corrected chi connectivity index (χ2v) is 7.78. The van der Waals surface area contributed by atoms with Crippen molar-refractivity contribution < 1.29 is 18.1 Å². The van der Waals surface area contributed by atoms with E-state index in [0.29, 0.717) is 18.8 Å². The standard InChI is InChI=1S/C17H20N2O5S/c1-13-4-6-14(7-5-13)24-11-10-18(2)16-9-8-15(25(3,22)23)12-17(16)19(20)21/h4-9,12H,10-11H2,1-3H3. The first-order chi connectivity index (χ1) is 11.7. The number of nitro benzene ring substituents is 1. The highest BCUT2D eigenvalue weighted by molar-refractivity contribution is 7.90. The molecule has 0 N–H and O–H groups in total. The number of hydrogen-bond donors (Lipinski definition) is 0. The van der Waals surface area contributed by atoms with E-state index in [1.54, 1.807) is 11.9 Å². The highest BCUT2D eigenvalue weighted by atomic mass is 32.2. The summed E-state index contributed by atoms with van der Waals surface area (Å²) in [4.78, 5) is 12.3. The van der Waals surface area contributed by atoms with Crippen molar-refractivity contribution in [1.82, 2.24) is 0 Å². The molecule has 0 aliphatic heterocycles. The van der Waals surface area contributed by atoms with E-state index >= 15 is 0 Å². The van der Waals surface area contributed by atoms with Crippen LogP contribution in [0.15, 0.2) is 47.4 Å². The molecule has 0 bridgehead atoms. The SMILES string of the molecule is Cc1ccc(OCCN(C)c2ccc(S(C)(=O)=O)cc2[N+](=O)[O-])cc1. The van der Waals surface area contributed by atoms with Gasteiger partial charge in [0, 0.05) is 19.4 Å². The highest BCUT2D eigenvalue weighted by Crippen LogP contribution is 2.30. The average Bonchev–Trinajstić information content (AvgIpc) is 2.55. The van der Waals surface area contributed by atoms with E-state index < -0.39 is 14.8 Å². The number of anilines is 1. The maximum atomic E-state index is 11.6. The van der Waals surface area contributed by atoms with Gasteiger partial charge in [0.2, 0.25) is 0 Å². The Morgan fingerprint density at radius 2 is 1.80 bits per heavy atom. The summed E-state index contributed by atoms with van der Waals surface area (Å²) >= 11 is 0. The van der Waals surface area contributed by atoms with Crippen molar-refractivity contribution in [1.29, 1.82) is 0 Å².